The van der Waals surface area contributed by atoms with Gasteiger partial charge in [-0.05, 0) is 30.2 Å². The largest absolute Gasteiger partial charge is 0.469 e. The average Bonchev–Trinajstić information content (AvgIpc) is 2.46. The summed E-state index contributed by atoms with van der Waals surface area (Å²) in [5.41, 5.74) is 1.84. The molecule has 1 aromatic carbocycles. The van der Waals surface area contributed by atoms with Gasteiger partial charge in [-0.1, -0.05) is 30.7 Å². The minimum Gasteiger partial charge on any atom is -0.469 e. The number of ether oxygens (including phenoxy) is 1. The van der Waals surface area contributed by atoms with Gasteiger partial charge >= 0.3 is 5.97 Å². The molecule has 1 amide bonds. The summed E-state index contributed by atoms with van der Waals surface area (Å²) < 4.78 is 4.64. The summed E-state index contributed by atoms with van der Waals surface area (Å²) in [5, 5.41) is 0.664. The van der Waals surface area contributed by atoms with E-state index in [4.69, 9.17) is 11.6 Å². The highest BCUT2D eigenvalue weighted by Crippen LogP contribution is 2.17. The van der Waals surface area contributed by atoms with Crippen LogP contribution in [0.4, 0.5) is 0 Å². The van der Waals surface area contributed by atoms with E-state index in [9.17, 15) is 9.59 Å². The zero-order chi connectivity index (χ0) is 16.0. The van der Waals surface area contributed by atoms with Gasteiger partial charge < -0.3 is 9.64 Å². The fourth-order valence-electron chi connectivity index (χ4n) is 1.78. The van der Waals surface area contributed by atoms with Crippen LogP contribution >= 0.6 is 11.6 Å². The molecule has 5 heteroatoms. The molecule has 0 bridgehead atoms. The van der Waals surface area contributed by atoms with Crippen LogP contribution < -0.4 is 0 Å². The minimum absolute atomic E-state index is 0.178. The van der Waals surface area contributed by atoms with Crippen LogP contribution in [0, 0.1) is 12.8 Å². The molecule has 0 fully saturated rings. The maximum Gasteiger partial charge on any atom is 0.310 e. The van der Waals surface area contributed by atoms with Crippen molar-refractivity contribution < 1.29 is 14.3 Å². The van der Waals surface area contributed by atoms with E-state index >= 15 is 0 Å². The Morgan fingerprint density at radius 1 is 1.43 bits per heavy atom. The number of hydrogen-bond donors (Lipinski definition) is 0. The smallest absolute Gasteiger partial charge is 0.310 e. The van der Waals surface area contributed by atoms with Crippen LogP contribution in [0.15, 0.2) is 24.3 Å². The van der Waals surface area contributed by atoms with E-state index < -0.39 is 0 Å². The predicted octanol–water partition coefficient (Wildman–Crippen LogP) is 2.93. The Kier molecular flexibility index (Phi) is 6.43. The Labute approximate surface area is 130 Å². The van der Waals surface area contributed by atoms with Crippen LogP contribution in [0.25, 0.3) is 6.08 Å². The summed E-state index contributed by atoms with van der Waals surface area (Å²) in [6, 6.07) is 5.59. The van der Waals surface area contributed by atoms with E-state index in [-0.39, 0.29) is 17.8 Å². The van der Waals surface area contributed by atoms with Gasteiger partial charge in [0, 0.05) is 24.7 Å². The van der Waals surface area contributed by atoms with Crippen molar-refractivity contribution in [1.29, 1.82) is 0 Å². The molecule has 0 aromatic heterocycles. The maximum atomic E-state index is 12.0. The molecule has 1 rings (SSSR count). The van der Waals surface area contributed by atoms with E-state index in [2.05, 4.69) is 4.74 Å². The number of halogens is 1. The molecule has 0 aliphatic heterocycles. The van der Waals surface area contributed by atoms with Crippen molar-refractivity contribution in [3.05, 3.63) is 40.4 Å². The lowest BCUT2D eigenvalue weighted by molar-refractivity contribution is -0.145. The van der Waals surface area contributed by atoms with Crippen molar-refractivity contribution in [1.82, 2.24) is 4.90 Å². The zero-order valence-electron chi connectivity index (χ0n) is 12.7. The Morgan fingerprint density at radius 2 is 2.10 bits per heavy atom. The minimum atomic E-state index is -0.355. The predicted molar refractivity (Wildman–Crippen MR) is 84.0 cm³/mol. The average molecular weight is 310 g/mol. The van der Waals surface area contributed by atoms with Gasteiger partial charge in [0.2, 0.25) is 5.91 Å². The Hall–Kier alpha value is -1.81. The highest BCUT2D eigenvalue weighted by molar-refractivity contribution is 6.31. The molecule has 1 unspecified atom stereocenters. The third kappa shape index (κ3) is 5.23. The number of carbonyl (C=O) groups excluding carboxylic acids is 2. The standard InChI is InChI=1S/C16H20ClNO3/c1-11-5-6-13(9-14(11)17)7-8-15(19)18(3)10-12(2)16(20)21-4/h5-9,12H,10H2,1-4H3. The molecule has 21 heavy (non-hydrogen) atoms. The lowest BCUT2D eigenvalue weighted by Gasteiger charge is -2.18. The number of esters is 1. The first-order valence-electron chi connectivity index (χ1n) is 6.62. The van der Waals surface area contributed by atoms with Crippen LogP contribution in [0.5, 0.6) is 0 Å². The number of benzene rings is 1. The molecule has 114 valence electrons. The van der Waals surface area contributed by atoms with Crippen LogP contribution in [-0.2, 0) is 14.3 Å². The van der Waals surface area contributed by atoms with Crippen LogP contribution in [-0.4, -0.2) is 37.5 Å². The van der Waals surface area contributed by atoms with Crippen LogP contribution in [0.3, 0.4) is 0 Å². The lowest BCUT2D eigenvalue weighted by atomic mass is 10.1. The van der Waals surface area contributed by atoms with Gasteiger partial charge in [0.15, 0.2) is 0 Å². The molecule has 1 atom stereocenters. The molecule has 0 N–H and O–H groups in total. The second-order valence-electron chi connectivity index (χ2n) is 4.98. The molecule has 0 aliphatic rings. The van der Waals surface area contributed by atoms with Gasteiger partial charge in [0.05, 0.1) is 13.0 Å². The maximum absolute atomic E-state index is 12.0. The van der Waals surface area contributed by atoms with Crippen molar-refractivity contribution in [3.63, 3.8) is 0 Å². The van der Waals surface area contributed by atoms with Crippen molar-refractivity contribution in [3.8, 4) is 0 Å². The Bertz CT molecular complexity index is 554. The fourth-order valence-corrected chi connectivity index (χ4v) is 1.97. The topological polar surface area (TPSA) is 46.6 Å². The fraction of sp³-hybridized carbons (Fsp3) is 0.375. The summed E-state index contributed by atoms with van der Waals surface area (Å²) in [6.45, 7) is 3.95. The summed E-state index contributed by atoms with van der Waals surface area (Å²) in [4.78, 5) is 24.8. The molecule has 0 saturated carbocycles. The molecule has 0 aliphatic carbocycles. The van der Waals surface area contributed by atoms with E-state index in [0.29, 0.717) is 11.6 Å². The molecular formula is C16H20ClNO3. The van der Waals surface area contributed by atoms with Crippen molar-refractivity contribution in [2.24, 2.45) is 5.92 Å². The normalized spacial score (nSPS) is 12.2. The van der Waals surface area contributed by atoms with Crippen molar-refractivity contribution >= 4 is 29.6 Å². The molecule has 0 saturated heterocycles. The first kappa shape index (κ1) is 17.2. The molecule has 0 spiro atoms. The Balaban J connectivity index is 2.65. The highest BCUT2D eigenvalue weighted by atomic mass is 35.5. The SMILES string of the molecule is COC(=O)C(C)CN(C)C(=O)C=Cc1ccc(C)c(Cl)c1. The highest BCUT2D eigenvalue weighted by Gasteiger charge is 2.17. The Morgan fingerprint density at radius 3 is 2.67 bits per heavy atom. The summed E-state index contributed by atoms with van der Waals surface area (Å²) in [6.07, 6.45) is 3.16. The van der Waals surface area contributed by atoms with Crippen LogP contribution in [0.2, 0.25) is 5.02 Å². The van der Waals surface area contributed by atoms with E-state index in [1.165, 1.54) is 18.1 Å². The second kappa shape index (κ2) is 7.84. The second-order valence-corrected chi connectivity index (χ2v) is 5.39. The number of likely N-dealkylation sites (N-methyl/N-ethyl adjacent to an activating group) is 1. The number of rotatable bonds is 5. The van der Waals surface area contributed by atoms with E-state index in [1.807, 2.05) is 19.1 Å². The number of carbonyl (C=O) groups is 2. The quantitative estimate of drug-likeness (QED) is 0.620. The number of hydrogen-bond acceptors (Lipinski definition) is 3. The van der Waals surface area contributed by atoms with Gasteiger partial charge in [-0.3, -0.25) is 9.59 Å². The number of aryl methyl sites for hydroxylation is 1. The number of amides is 1. The zero-order valence-corrected chi connectivity index (χ0v) is 13.5. The van der Waals surface area contributed by atoms with E-state index in [1.54, 1.807) is 26.1 Å². The summed E-state index contributed by atoms with van der Waals surface area (Å²) >= 11 is 6.03. The molecule has 1 aromatic rings. The molecule has 0 heterocycles. The summed E-state index contributed by atoms with van der Waals surface area (Å²) in [7, 11) is 2.98. The third-order valence-corrected chi connectivity index (χ3v) is 3.55. The van der Waals surface area contributed by atoms with E-state index in [0.717, 1.165) is 11.1 Å². The molecule has 0 radical (unpaired) electrons. The molecule has 4 nitrogen and oxygen atoms in total. The van der Waals surface area contributed by atoms with Gasteiger partial charge in [-0.2, -0.15) is 0 Å². The van der Waals surface area contributed by atoms with Crippen LogP contribution in [0.1, 0.15) is 18.1 Å². The van der Waals surface area contributed by atoms with Gasteiger partial charge in [0.1, 0.15) is 0 Å². The van der Waals surface area contributed by atoms with Gasteiger partial charge in [-0.25, -0.2) is 0 Å². The van der Waals surface area contributed by atoms with Crippen molar-refractivity contribution in [2.45, 2.75) is 13.8 Å². The summed E-state index contributed by atoms with van der Waals surface area (Å²) in [5.74, 6) is -0.863. The third-order valence-electron chi connectivity index (χ3n) is 3.14. The van der Waals surface area contributed by atoms with Gasteiger partial charge in [-0.15, -0.1) is 0 Å². The van der Waals surface area contributed by atoms with Gasteiger partial charge in [0.25, 0.3) is 0 Å². The number of nitrogens with zero attached hydrogens (tertiary/aromatic N) is 1. The van der Waals surface area contributed by atoms with Crippen molar-refractivity contribution in [2.75, 3.05) is 20.7 Å². The molecular weight excluding hydrogens is 290 g/mol. The lowest BCUT2D eigenvalue weighted by Crippen LogP contribution is -2.33. The number of methoxy groups -OCH3 is 1. The monoisotopic (exact) mass is 309 g/mol. The first-order valence-corrected chi connectivity index (χ1v) is 7.00. The first-order chi connectivity index (χ1) is 9.85.